The Morgan fingerprint density at radius 3 is 2.25 bits per heavy atom. The van der Waals surface area contributed by atoms with Gasteiger partial charge in [-0.25, -0.2) is 9.97 Å². The van der Waals surface area contributed by atoms with E-state index in [1.165, 1.54) is 57.5 Å². The van der Waals surface area contributed by atoms with E-state index in [2.05, 4.69) is 42.5 Å². The van der Waals surface area contributed by atoms with Crippen LogP contribution in [0.1, 0.15) is 55.4 Å². The average molecular weight is 654 g/mol. The van der Waals surface area contributed by atoms with E-state index in [1.807, 2.05) is 18.2 Å². The lowest BCUT2D eigenvalue weighted by atomic mass is 9.92. The molecule has 1 spiro atoms. The number of piperazine rings is 1. The van der Waals surface area contributed by atoms with Gasteiger partial charge in [0.1, 0.15) is 17.1 Å². The molecule has 2 aromatic heterocycles. The molecule has 3 aromatic rings. The van der Waals surface area contributed by atoms with E-state index < -0.39 is 5.91 Å². The van der Waals surface area contributed by atoms with E-state index in [4.69, 9.17) is 25.2 Å². The predicted molar refractivity (Wildman–Crippen MR) is 186 cm³/mol. The number of piperidine rings is 1. The SMILES string of the molecule is COc1cccnc1-c1nc(C(N)=O)c(Nc2ccc(N3CCC(N4CCN(C5CC5)CC4)CC3)cc2)nc1NC1CCOCC12CC2. The molecular formula is C36H47N9O3. The molecule has 12 heteroatoms. The minimum absolute atomic E-state index is 0.0421. The summed E-state index contributed by atoms with van der Waals surface area (Å²) in [4.78, 5) is 35.0. The molecule has 3 saturated heterocycles. The Morgan fingerprint density at radius 2 is 1.60 bits per heavy atom. The van der Waals surface area contributed by atoms with Crippen LogP contribution >= 0.6 is 0 Å². The first kappa shape index (κ1) is 31.3. The zero-order valence-electron chi connectivity index (χ0n) is 27.9. The summed E-state index contributed by atoms with van der Waals surface area (Å²) in [7, 11) is 1.59. The monoisotopic (exact) mass is 653 g/mol. The fraction of sp³-hybridized carbons (Fsp3) is 0.556. The molecule has 1 aromatic carbocycles. The van der Waals surface area contributed by atoms with Gasteiger partial charge in [-0.05, 0) is 81.3 Å². The van der Waals surface area contributed by atoms with Crippen LogP contribution in [0.25, 0.3) is 11.4 Å². The van der Waals surface area contributed by atoms with Gasteiger partial charge in [-0.3, -0.25) is 19.6 Å². The third-order valence-electron chi connectivity index (χ3n) is 11.1. The van der Waals surface area contributed by atoms with Crippen LogP contribution in [-0.2, 0) is 4.74 Å². The number of ether oxygens (including phenoxy) is 2. The van der Waals surface area contributed by atoms with Gasteiger partial charge in [0.2, 0.25) is 0 Å². The molecule has 5 aliphatic rings. The van der Waals surface area contributed by atoms with Crippen molar-refractivity contribution in [3.05, 3.63) is 48.3 Å². The molecule has 254 valence electrons. The summed E-state index contributed by atoms with van der Waals surface area (Å²) in [6, 6.07) is 13.7. The number of hydrogen-bond acceptors (Lipinski definition) is 11. The standard InChI is InChI=1S/C36H47N9O3/c1-47-28-3-2-15-38-30(28)31-34(40-29-12-22-48-23-36(29)13-14-36)42-35(32(41-31)33(37)46)39-24-4-6-25(7-5-24)43-16-10-27(11-17-43)45-20-18-44(19-21-45)26-8-9-26/h2-7,15,26-27,29H,8-14,16-23H2,1H3,(H2,37,46)(H2,39,40,42). The molecular weight excluding hydrogens is 606 g/mol. The second-order valence-electron chi connectivity index (χ2n) is 14.1. The number of benzene rings is 1. The molecule has 0 bridgehead atoms. The number of carbonyl (C=O) groups excluding carboxylic acids is 1. The largest absolute Gasteiger partial charge is 0.494 e. The lowest BCUT2D eigenvalue weighted by Gasteiger charge is -2.43. The van der Waals surface area contributed by atoms with Crippen molar-refractivity contribution in [3.63, 3.8) is 0 Å². The first-order chi connectivity index (χ1) is 23.5. The zero-order chi connectivity index (χ0) is 32.7. The molecule has 48 heavy (non-hydrogen) atoms. The lowest BCUT2D eigenvalue weighted by molar-refractivity contribution is 0.0351. The van der Waals surface area contributed by atoms with E-state index >= 15 is 0 Å². The van der Waals surface area contributed by atoms with E-state index in [0.717, 1.165) is 50.7 Å². The maximum absolute atomic E-state index is 12.8. The minimum atomic E-state index is -0.675. The van der Waals surface area contributed by atoms with Gasteiger partial charge in [-0.1, -0.05) is 0 Å². The summed E-state index contributed by atoms with van der Waals surface area (Å²) in [6.07, 6.45) is 9.92. The van der Waals surface area contributed by atoms with Crippen molar-refractivity contribution in [1.82, 2.24) is 24.8 Å². The second kappa shape index (κ2) is 13.1. The summed E-state index contributed by atoms with van der Waals surface area (Å²) in [5.74, 6) is 0.697. The van der Waals surface area contributed by atoms with E-state index in [-0.39, 0.29) is 17.2 Å². The second-order valence-corrected chi connectivity index (χ2v) is 14.1. The highest BCUT2D eigenvalue weighted by molar-refractivity contribution is 5.97. The average Bonchev–Trinajstić information content (AvgIpc) is 4.07. The van der Waals surface area contributed by atoms with Crippen LogP contribution in [-0.4, -0.2) is 108 Å². The van der Waals surface area contributed by atoms with E-state index in [1.54, 1.807) is 19.4 Å². The molecule has 1 amide bonds. The molecule has 4 N–H and O–H groups in total. The third kappa shape index (κ3) is 6.40. The summed E-state index contributed by atoms with van der Waals surface area (Å²) < 4.78 is 11.4. The number of hydrogen-bond donors (Lipinski definition) is 3. The molecule has 0 radical (unpaired) electrons. The Bertz CT molecular complexity index is 1610. The highest BCUT2D eigenvalue weighted by atomic mass is 16.5. The molecule has 12 nitrogen and oxygen atoms in total. The maximum Gasteiger partial charge on any atom is 0.271 e. The summed E-state index contributed by atoms with van der Waals surface area (Å²) in [5.41, 5.74) is 8.96. The van der Waals surface area contributed by atoms with Crippen molar-refractivity contribution in [3.8, 4) is 17.1 Å². The fourth-order valence-electron chi connectivity index (χ4n) is 7.91. The number of amides is 1. The van der Waals surface area contributed by atoms with Gasteiger partial charge < -0.3 is 30.7 Å². The van der Waals surface area contributed by atoms with Crippen molar-refractivity contribution in [2.24, 2.45) is 11.1 Å². The first-order valence-electron chi connectivity index (χ1n) is 17.7. The lowest BCUT2D eigenvalue weighted by Crippen LogP contribution is -2.53. The van der Waals surface area contributed by atoms with Crippen LogP contribution in [0.15, 0.2) is 42.6 Å². The Kier molecular flexibility index (Phi) is 8.56. The zero-order valence-corrected chi connectivity index (χ0v) is 27.9. The van der Waals surface area contributed by atoms with Gasteiger partial charge in [-0.15, -0.1) is 0 Å². The quantitative estimate of drug-likeness (QED) is 0.292. The number of methoxy groups -OCH3 is 1. The molecule has 1 atom stereocenters. The predicted octanol–water partition coefficient (Wildman–Crippen LogP) is 4.12. The number of nitrogens with one attached hydrogen (secondary N) is 2. The molecule has 2 aliphatic carbocycles. The Morgan fingerprint density at radius 1 is 0.896 bits per heavy atom. The van der Waals surface area contributed by atoms with Crippen LogP contribution in [0.3, 0.4) is 0 Å². The molecule has 2 saturated carbocycles. The summed E-state index contributed by atoms with van der Waals surface area (Å²) in [6.45, 7) is 8.40. The van der Waals surface area contributed by atoms with Gasteiger partial charge in [0.05, 0.1) is 13.7 Å². The molecule has 1 unspecified atom stereocenters. The number of pyridine rings is 1. The van der Waals surface area contributed by atoms with Gasteiger partial charge >= 0.3 is 0 Å². The van der Waals surface area contributed by atoms with Crippen molar-refractivity contribution in [2.45, 2.75) is 63.1 Å². The Hall–Kier alpha value is -4.00. The summed E-state index contributed by atoms with van der Waals surface area (Å²) >= 11 is 0. The molecule has 3 aliphatic heterocycles. The molecule has 5 fully saturated rings. The Balaban J connectivity index is 0.994. The highest BCUT2D eigenvalue weighted by Gasteiger charge is 2.51. The van der Waals surface area contributed by atoms with Crippen LogP contribution in [0, 0.1) is 5.41 Å². The topological polar surface area (TPSA) is 134 Å². The normalized spacial score (nSPS) is 23.2. The smallest absolute Gasteiger partial charge is 0.271 e. The maximum atomic E-state index is 12.8. The van der Waals surface area contributed by atoms with Crippen LogP contribution in [0.5, 0.6) is 5.75 Å². The van der Waals surface area contributed by atoms with Crippen LogP contribution < -0.4 is 26.0 Å². The number of rotatable bonds is 10. The summed E-state index contributed by atoms with van der Waals surface area (Å²) in [5, 5.41) is 7.03. The number of primary amides is 1. The van der Waals surface area contributed by atoms with Crippen molar-refractivity contribution >= 4 is 28.9 Å². The minimum Gasteiger partial charge on any atom is -0.494 e. The van der Waals surface area contributed by atoms with Gasteiger partial charge in [0, 0.05) is 87.0 Å². The molecule has 5 heterocycles. The number of anilines is 4. The Labute approximate surface area is 282 Å². The van der Waals surface area contributed by atoms with Crippen molar-refractivity contribution < 1.29 is 14.3 Å². The fourth-order valence-corrected chi connectivity index (χ4v) is 7.91. The van der Waals surface area contributed by atoms with Crippen LogP contribution in [0.4, 0.5) is 23.0 Å². The van der Waals surface area contributed by atoms with Gasteiger partial charge in [0.25, 0.3) is 5.91 Å². The van der Waals surface area contributed by atoms with Crippen molar-refractivity contribution in [2.75, 3.05) is 75.1 Å². The number of nitrogens with two attached hydrogens (primary N) is 1. The highest BCUT2D eigenvalue weighted by Crippen LogP contribution is 2.53. The number of aromatic nitrogens is 3. The van der Waals surface area contributed by atoms with E-state index in [9.17, 15) is 4.79 Å². The van der Waals surface area contributed by atoms with Crippen LogP contribution in [0.2, 0.25) is 0 Å². The number of nitrogens with zero attached hydrogens (tertiary/aromatic N) is 6. The van der Waals surface area contributed by atoms with Gasteiger partial charge in [-0.2, -0.15) is 0 Å². The molecule has 8 rings (SSSR count). The third-order valence-corrected chi connectivity index (χ3v) is 11.1. The van der Waals surface area contributed by atoms with E-state index in [0.29, 0.717) is 41.4 Å². The van der Waals surface area contributed by atoms with Gasteiger partial charge in [0.15, 0.2) is 17.3 Å². The first-order valence-corrected chi connectivity index (χ1v) is 17.7. The van der Waals surface area contributed by atoms with Crippen molar-refractivity contribution in [1.29, 1.82) is 0 Å². The number of carbonyl (C=O) groups is 1.